The highest BCUT2D eigenvalue weighted by Gasteiger charge is 2.58. The zero-order valence-corrected chi connectivity index (χ0v) is 17.0. The molecule has 1 nitrogen and oxygen atoms in total. The fraction of sp³-hybridized carbons (Fsp3) is 0.542. The van der Waals surface area contributed by atoms with Crippen molar-refractivity contribution < 1.29 is 8.96 Å². The van der Waals surface area contributed by atoms with E-state index in [1.54, 1.807) is 12.3 Å². The number of hydrogen-bond acceptors (Lipinski definition) is 0. The van der Waals surface area contributed by atoms with Crippen LogP contribution in [0, 0.1) is 5.82 Å². The van der Waals surface area contributed by atoms with Gasteiger partial charge in [-0.05, 0) is 49.4 Å². The van der Waals surface area contributed by atoms with Crippen LogP contribution in [-0.2, 0) is 17.4 Å². The summed E-state index contributed by atoms with van der Waals surface area (Å²) in [5.41, 5.74) is 5.16. The van der Waals surface area contributed by atoms with E-state index in [0.717, 1.165) is 31.4 Å². The molecule has 1 aliphatic rings. The third-order valence-electron chi connectivity index (χ3n) is 7.05. The topological polar surface area (TPSA) is 3.88 Å². The monoisotopic (exact) mass is 354 g/mol. The lowest BCUT2D eigenvalue weighted by molar-refractivity contribution is -0.770. The summed E-state index contributed by atoms with van der Waals surface area (Å²) < 4.78 is 16.5. The second-order valence-electron chi connectivity index (χ2n) is 8.01. The maximum absolute atomic E-state index is 14.3. The van der Waals surface area contributed by atoms with Crippen LogP contribution in [0.4, 0.5) is 4.39 Å². The zero-order chi connectivity index (χ0) is 18.9. The van der Waals surface area contributed by atoms with Gasteiger partial charge in [0.2, 0.25) is 11.9 Å². The van der Waals surface area contributed by atoms with Crippen molar-refractivity contribution in [3.63, 3.8) is 0 Å². The molecule has 0 amide bonds. The van der Waals surface area contributed by atoms with Gasteiger partial charge in [0.1, 0.15) is 0 Å². The summed E-state index contributed by atoms with van der Waals surface area (Å²) in [4.78, 5) is 0. The summed E-state index contributed by atoms with van der Waals surface area (Å²) in [5.74, 6) is -0.149. The van der Waals surface area contributed by atoms with Crippen molar-refractivity contribution >= 4 is 0 Å². The lowest BCUT2D eigenvalue weighted by atomic mass is 9.59. The summed E-state index contributed by atoms with van der Waals surface area (Å²) in [7, 11) is 0. The summed E-state index contributed by atoms with van der Waals surface area (Å²) in [6.45, 7) is 11.4. The number of aromatic nitrogens is 1. The zero-order valence-electron chi connectivity index (χ0n) is 17.0. The molecule has 1 aromatic heterocycles. The third kappa shape index (κ3) is 2.61. The summed E-state index contributed by atoms with van der Waals surface area (Å²) in [6, 6.07) is 10.6. The smallest absolute Gasteiger partial charge is 0.200 e. The molecule has 0 aliphatic carbocycles. The average molecular weight is 355 g/mol. The molecule has 1 unspecified atom stereocenters. The highest BCUT2D eigenvalue weighted by molar-refractivity contribution is 5.66. The first-order valence-corrected chi connectivity index (χ1v) is 10.3. The SMILES string of the molecule is CCCCc1ccc2c(c1)-c1ccc(F)c[n+]1C(CC)(CC)C2(C)CC. The molecule has 2 heterocycles. The van der Waals surface area contributed by atoms with Gasteiger partial charge in [-0.15, -0.1) is 0 Å². The molecule has 0 saturated carbocycles. The molecule has 140 valence electrons. The van der Waals surface area contributed by atoms with Crippen LogP contribution in [-0.4, -0.2) is 0 Å². The Hall–Kier alpha value is -1.70. The molecule has 0 bridgehead atoms. The van der Waals surface area contributed by atoms with E-state index in [1.165, 1.54) is 29.5 Å². The first kappa shape index (κ1) is 19.1. The van der Waals surface area contributed by atoms with Crippen LogP contribution in [0.3, 0.4) is 0 Å². The van der Waals surface area contributed by atoms with Crippen LogP contribution in [0.25, 0.3) is 11.3 Å². The Labute approximate surface area is 158 Å². The summed E-state index contributed by atoms with van der Waals surface area (Å²) in [6.07, 6.45) is 8.28. The fourth-order valence-electron chi connectivity index (χ4n) is 5.28. The molecular formula is C24H33FN+. The van der Waals surface area contributed by atoms with E-state index in [1.807, 2.05) is 6.07 Å². The molecule has 0 radical (unpaired) electrons. The lowest BCUT2D eigenvalue weighted by Crippen LogP contribution is -2.69. The van der Waals surface area contributed by atoms with Crippen molar-refractivity contribution in [1.29, 1.82) is 0 Å². The van der Waals surface area contributed by atoms with Crippen molar-refractivity contribution in [2.45, 2.75) is 84.1 Å². The number of benzene rings is 1. The highest BCUT2D eigenvalue weighted by atomic mass is 19.1. The van der Waals surface area contributed by atoms with E-state index < -0.39 is 0 Å². The number of fused-ring (bicyclic) bond motifs is 3. The van der Waals surface area contributed by atoms with Crippen LogP contribution < -0.4 is 4.57 Å². The minimum Gasteiger partial charge on any atom is -0.200 e. The maximum atomic E-state index is 14.3. The summed E-state index contributed by atoms with van der Waals surface area (Å²) >= 11 is 0. The lowest BCUT2D eigenvalue weighted by Gasteiger charge is -2.47. The minimum absolute atomic E-state index is 0.0133. The van der Waals surface area contributed by atoms with Gasteiger partial charge < -0.3 is 0 Å². The second-order valence-corrected chi connectivity index (χ2v) is 8.01. The molecule has 1 aromatic carbocycles. The van der Waals surface area contributed by atoms with Crippen LogP contribution in [0.5, 0.6) is 0 Å². The molecule has 0 saturated heterocycles. The molecule has 0 N–H and O–H groups in total. The van der Waals surface area contributed by atoms with E-state index in [4.69, 9.17) is 0 Å². The van der Waals surface area contributed by atoms with Gasteiger partial charge in [-0.25, -0.2) is 4.39 Å². The van der Waals surface area contributed by atoms with E-state index in [2.05, 4.69) is 57.4 Å². The molecule has 3 rings (SSSR count). The Bertz CT molecular complexity index is 791. The molecule has 26 heavy (non-hydrogen) atoms. The van der Waals surface area contributed by atoms with Gasteiger partial charge in [0, 0.05) is 18.9 Å². The van der Waals surface area contributed by atoms with E-state index >= 15 is 0 Å². The van der Waals surface area contributed by atoms with Gasteiger partial charge in [-0.3, -0.25) is 0 Å². The predicted molar refractivity (Wildman–Crippen MR) is 107 cm³/mol. The molecule has 0 spiro atoms. The maximum Gasteiger partial charge on any atom is 0.213 e. The molecule has 1 aliphatic heterocycles. The van der Waals surface area contributed by atoms with Crippen LogP contribution >= 0.6 is 0 Å². The second kappa shape index (κ2) is 7.13. The number of unbranched alkanes of at least 4 members (excludes halogenated alkanes) is 1. The standard InChI is InChI=1S/C24H33FN/c1-6-10-11-18-12-14-21-20(16-18)22-15-13-19(25)17-26(22)24(8-3,9-4)23(21,5)7-2/h12-17H,6-11H2,1-5H3/q+1. The quantitative estimate of drug-likeness (QED) is 0.534. The number of nitrogens with zero attached hydrogens (tertiary/aromatic N) is 1. The number of pyridine rings is 1. The van der Waals surface area contributed by atoms with E-state index in [0.29, 0.717) is 0 Å². The summed E-state index contributed by atoms with van der Waals surface area (Å²) in [5, 5.41) is 0. The molecule has 2 heteroatoms. The molecule has 2 aromatic rings. The van der Waals surface area contributed by atoms with Gasteiger partial charge in [0.25, 0.3) is 0 Å². The van der Waals surface area contributed by atoms with Gasteiger partial charge in [0.05, 0.1) is 11.0 Å². The Morgan fingerprint density at radius 1 is 0.962 bits per heavy atom. The highest BCUT2D eigenvalue weighted by Crippen LogP contribution is 2.51. The predicted octanol–water partition coefficient (Wildman–Crippen LogP) is 6.32. The van der Waals surface area contributed by atoms with Crippen molar-refractivity contribution in [1.82, 2.24) is 0 Å². The first-order valence-electron chi connectivity index (χ1n) is 10.3. The molecule has 1 atom stereocenters. The Morgan fingerprint density at radius 3 is 2.31 bits per heavy atom. The van der Waals surface area contributed by atoms with E-state index in [9.17, 15) is 4.39 Å². The number of halogens is 1. The minimum atomic E-state index is -0.149. The molecule has 0 fully saturated rings. The largest absolute Gasteiger partial charge is 0.213 e. The number of rotatable bonds is 6. The first-order chi connectivity index (χ1) is 12.5. The van der Waals surface area contributed by atoms with Crippen molar-refractivity contribution in [2.75, 3.05) is 0 Å². The van der Waals surface area contributed by atoms with Crippen LogP contribution in [0.1, 0.15) is 77.8 Å². The van der Waals surface area contributed by atoms with Gasteiger partial charge in [0.15, 0.2) is 11.4 Å². The fourth-order valence-corrected chi connectivity index (χ4v) is 5.28. The van der Waals surface area contributed by atoms with Crippen molar-refractivity contribution in [2.24, 2.45) is 0 Å². The van der Waals surface area contributed by atoms with Gasteiger partial charge in [-0.2, -0.15) is 4.57 Å². The third-order valence-corrected chi connectivity index (χ3v) is 7.05. The Kier molecular flexibility index (Phi) is 5.23. The normalized spacial score (nSPS) is 20.5. The Balaban J connectivity index is 2.32. The van der Waals surface area contributed by atoms with Gasteiger partial charge in [-0.1, -0.05) is 46.2 Å². The molecular weight excluding hydrogens is 321 g/mol. The van der Waals surface area contributed by atoms with Crippen molar-refractivity contribution in [3.8, 4) is 11.3 Å². The van der Waals surface area contributed by atoms with Crippen LogP contribution in [0.2, 0.25) is 0 Å². The van der Waals surface area contributed by atoms with Gasteiger partial charge >= 0.3 is 0 Å². The number of hydrogen-bond donors (Lipinski definition) is 0. The van der Waals surface area contributed by atoms with Crippen LogP contribution in [0.15, 0.2) is 36.5 Å². The Morgan fingerprint density at radius 2 is 1.69 bits per heavy atom. The van der Waals surface area contributed by atoms with Crippen molar-refractivity contribution in [3.05, 3.63) is 53.5 Å². The average Bonchev–Trinajstić information content (AvgIpc) is 2.67. The van der Waals surface area contributed by atoms with E-state index in [-0.39, 0.29) is 16.8 Å². The number of aryl methyl sites for hydroxylation is 1.